The van der Waals surface area contributed by atoms with Crippen LogP contribution in [-0.4, -0.2) is 42.8 Å². The molecule has 134 valence electrons. The summed E-state index contributed by atoms with van der Waals surface area (Å²) in [4.78, 5) is 20.9. The van der Waals surface area contributed by atoms with Crippen LogP contribution in [0, 0.1) is 6.92 Å². The maximum absolute atomic E-state index is 12.1. The van der Waals surface area contributed by atoms with Crippen molar-refractivity contribution >= 4 is 23.4 Å². The van der Waals surface area contributed by atoms with Gasteiger partial charge in [0.1, 0.15) is 5.82 Å². The first kappa shape index (κ1) is 18.7. The highest BCUT2D eigenvalue weighted by atomic mass is 16.5. The Labute approximate surface area is 147 Å². The second kappa shape index (κ2) is 9.58. The van der Waals surface area contributed by atoms with Gasteiger partial charge < -0.3 is 20.1 Å². The van der Waals surface area contributed by atoms with Crippen molar-refractivity contribution in [3.63, 3.8) is 0 Å². The number of hydrogen-bond donors (Lipinski definition) is 2. The number of carbonyl (C=O) groups excluding carboxylic acids is 1. The lowest BCUT2D eigenvalue weighted by Gasteiger charge is -2.12. The molecule has 0 saturated carbocycles. The van der Waals surface area contributed by atoms with E-state index in [9.17, 15) is 4.79 Å². The summed E-state index contributed by atoms with van der Waals surface area (Å²) < 4.78 is 10.1. The third-order valence-corrected chi connectivity index (χ3v) is 3.35. The summed E-state index contributed by atoms with van der Waals surface area (Å²) in [6.45, 7) is 5.44. The number of benzene rings is 1. The molecular formula is C18H24N4O3. The van der Waals surface area contributed by atoms with Crippen LogP contribution >= 0.6 is 0 Å². The molecule has 1 aromatic carbocycles. The van der Waals surface area contributed by atoms with Gasteiger partial charge >= 0.3 is 5.97 Å². The third kappa shape index (κ3) is 5.72. The molecule has 0 aliphatic carbocycles. The predicted molar refractivity (Wildman–Crippen MR) is 97.4 cm³/mol. The van der Waals surface area contributed by atoms with E-state index in [1.165, 1.54) is 0 Å². The summed E-state index contributed by atoms with van der Waals surface area (Å²) in [7, 11) is 1.68. The Bertz CT molecular complexity index is 706. The van der Waals surface area contributed by atoms with E-state index in [4.69, 9.17) is 9.47 Å². The average Bonchev–Trinajstić information content (AvgIpc) is 2.59. The Morgan fingerprint density at radius 1 is 1.24 bits per heavy atom. The van der Waals surface area contributed by atoms with E-state index in [-0.39, 0.29) is 5.97 Å². The van der Waals surface area contributed by atoms with Crippen molar-refractivity contribution < 1.29 is 14.3 Å². The summed E-state index contributed by atoms with van der Waals surface area (Å²) in [6.07, 6.45) is 0.883. The summed E-state index contributed by atoms with van der Waals surface area (Å²) in [6, 6.07) is 9.00. The van der Waals surface area contributed by atoms with E-state index < -0.39 is 0 Å². The van der Waals surface area contributed by atoms with E-state index in [1.807, 2.05) is 19.1 Å². The van der Waals surface area contributed by atoms with Crippen LogP contribution in [0.15, 0.2) is 30.3 Å². The van der Waals surface area contributed by atoms with Gasteiger partial charge in [0.25, 0.3) is 0 Å². The zero-order valence-corrected chi connectivity index (χ0v) is 14.8. The molecule has 0 unspecified atom stereocenters. The minimum absolute atomic E-state index is 0.323. The van der Waals surface area contributed by atoms with Gasteiger partial charge in [-0.25, -0.2) is 9.78 Å². The fourth-order valence-electron chi connectivity index (χ4n) is 2.25. The van der Waals surface area contributed by atoms with Crippen molar-refractivity contribution in [1.29, 1.82) is 0 Å². The largest absolute Gasteiger partial charge is 0.462 e. The monoisotopic (exact) mass is 344 g/mol. The van der Waals surface area contributed by atoms with E-state index in [2.05, 4.69) is 20.6 Å². The van der Waals surface area contributed by atoms with Gasteiger partial charge in [-0.15, -0.1) is 0 Å². The lowest BCUT2D eigenvalue weighted by Crippen LogP contribution is -2.10. The molecule has 0 spiro atoms. The molecule has 0 atom stereocenters. The number of aryl methyl sites for hydroxylation is 1. The van der Waals surface area contributed by atoms with E-state index in [1.54, 1.807) is 32.2 Å². The quantitative estimate of drug-likeness (QED) is 0.534. The standard InChI is InChI=1S/C18H24N4O3/c1-4-25-17(23)14-8-5-6-9-15(14)21-18-20-13(2)12-16(22-18)19-10-7-11-24-3/h5-6,8-9,12H,4,7,10-11H2,1-3H3,(H2,19,20,21,22). The number of hydrogen-bond acceptors (Lipinski definition) is 7. The molecule has 0 aliphatic rings. The van der Waals surface area contributed by atoms with E-state index in [0.29, 0.717) is 30.4 Å². The number of nitrogens with one attached hydrogen (secondary N) is 2. The number of esters is 1. The van der Waals surface area contributed by atoms with Crippen molar-refractivity contribution in [3.8, 4) is 0 Å². The zero-order chi connectivity index (χ0) is 18.1. The molecule has 2 N–H and O–H groups in total. The van der Waals surface area contributed by atoms with Crippen LogP contribution in [0.1, 0.15) is 29.4 Å². The highest BCUT2D eigenvalue weighted by molar-refractivity contribution is 5.96. The van der Waals surface area contributed by atoms with E-state index >= 15 is 0 Å². The molecule has 0 fully saturated rings. The number of ether oxygens (including phenoxy) is 2. The number of rotatable bonds is 9. The predicted octanol–water partition coefficient (Wildman–Crippen LogP) is 3.15. The van der Waals surface area contributed by atoms with Gasteiger partial charge in [-0.2, -0.15) is 4.98 Å². The molecule has 0 radical (unpaired) electrons. The van der Waals surface area contributed by atoms with Crippen LogP contribution in [0.4, 0.5) is 17.5 Å². The molecule has 1 aromatic heterocycles. The highest BCUT2D eigenvalue weighted by Gasteiger charge is 2.13. The Morgan fingerprint density at radius 3 is 2.80 bits per heavy atom. The summed E-state index contributed by atoms with van der Waals surface area (Å²) in [5, 5.41) is 6.35. The number of nitrogens with zero attached hydrogens (tertiary/aromatic N) is 2. The van der Waals surface area contributed by atoms with Gasteiger partial charge in [-0.05, 0) is 32.4 Å². The topological polar surface area (TPSA) is 85.4 Å². The normalized spacial score (nSPS) is 10.4. The lowest BCUT2D eigenvalue weighted by molar-refractivity contribution is 0.0527. The molecule has 0 aliphatic heterocycles. The van der Waals surface area contributed by atoms with Crippen LogP contribution in [-0.2, 0) is 9.47 Å². The summed E-state index contributed by atoms with van der Waals surface area (Å²) >= 11 is 0. The molecule has 2 aromatic rings. The van der Waals surface area contributed by atoms with Gasteiger partial charge in [0.15, 0.2) is 0 Å². The number of methoxy groups -OCH3 is 1. The molecule has 0 saturated heterocycles. The Kier molecular flexibility index (Phi) is 7.16. The summed E-state index contributed by atoms with van der Waals surface area (Å²) in [5.41, 5.74) is 1.88. The Hall–Kier alpha value is -2.67. The van der Waals surface area contributed by atoms with Crippen LogP contribution in [0.3, 0.4) is 0 Å². The van der Waals surface area contributed by atoms with Crippen molar-refractivity contribution in [2.75, 3.05) is 37.5 Å². The molecule has 1 heterocycles. The fraction of sp³-hybridized carbons (Fsp3) is 0.389. The van der Waals surface area contributed by atoms with Crippen LogP contribution < -0.4 is 10.6 Å². The van der Waals surface area contributed by atoms with Crippen molar-refractivity contribution in [2.24, 2.45) is 0 Å². The molecule has 0 amide bonds. The van der Waals surface area contributed by atoms with Gasteiger partial charge in [-0.3, -0.25) is 0 Å². The lowest BCUT2D eigenvalue weighted by atomic mass is 10.2. The second-order valence-electron chi connectivity index (χ2n) is 5.38. The minimum atomic E-state index is -0.379. The van der Waals surface area contributed by atoms with Crippen LogP contribution in [0.25, 0.3) is 0 Å². The molecular weight excluding hydrogens is 320 g/mol. The maximum Gasteiger partial charge on any atom is 0.340 e. The maximum atomic E-state index is 12.1. The van der Waals surface area contributed by atoms with Crippen molar-refractivity contribution in [1.82, 2.24) is 9.97 Å². The van der Waals surface area contributed by atoms with Gasteiger partial charge in [0.05, 0.1) is 17.9 Å². The molecule has 7 heteroatoms. The minimum Gasteiger partial charge on any atom is -0.462 e. The fourth-order valence-corrected chi connectivity index (χ4v) is 2.25. The van der Waals surface area contributed by atoms with E-state index in [0.717, 1.165) is 24.5 Å². The van der Waals surface area contributed by atoms with Crippen molar-refractivity contribution in [3.05, 3.63) is 41.6 Å². The van der Waals surface area contributed by atoms with Crippen LogP contribution in [0.5, 0.6) is 0 Å². The Morgan fingerprint density at radius 2 is 2.04 bits per heavy atom. The number of anilines is 3. The first-order chi connectivity index (χ1) is 12.1. The average molecular weight is 344 g/mol. The zero-order valence-electron chi connectivity index (χ0n) is 14.8. The number of carbonyl (C=O) groups is 1. The Balaban J connectivity index is 2.15. The molecule has 25 heavy (non-hydrogen) atoms. The summed E-state index contributed by atoms with van der Waals surface area (Å²) in [5.74, 6) is 0.766. The second-order valence-corrected chi connectivity index (χ2v) is 5.38. The third-order valence-electron chi connectivity index (χ3n) is 3.35. The van der Waals surface area contributed by atoms with Crippen LogP contribution in [0.2, 0.25) is 0 Å². The first-order valence-electron chi connectivity index (χ1n) is 8.25. The van der Waals surface area contributed by atoms with Gasteiger partial charge in [-0.1, -0.05) is 12.1 Å². The van der Waals surface area contributed by atoms with Gasteiger partial charge in [0, 0.05) is 32.0 Å². The molecule has 2 rings (SSSR count). The van der Waals surface area contributed by atoms with Crippen molar-refractivity contribution in [2.45, 2.75) is 20.3 Å². The number of aromatic nitrogens is 2. The SMILES string of the molecule is CCOC(=O)c1ccccc1Nc1nc(C)cc(NCCCOC)n1. The highest BCUT2D eigenvalue weighted by Crippen LogP contribution is 2.21. The smallest absolute Gasteiger partial charge is 0.340 e. The first-order valence-corrected chi connectivity index (χ1v) is 8.25. The van der Waals surface area contributed by atoms with Gasteiger partial charge in [0.2, 0.25) is 5.95 Å². The molecule has 7 nitrogen and oxygen atoms in total. The molecule has 0 bridgehead atoms. The number of para-hydroxylation sites is 1.